The predicted octanol–water partition coefficient (Wildman–Crippen LogP) is 0.0237. The molecule has 1 aromatic carbocycles. The van der Waals surface area contributed by atoms with Crippen LogP contribution in [-0.4, -0.2) is 19.3 Å². The van der Waals surface area contributed by atoms with E-state index in [1.54, 1.807) is 0 Å². The molecule has 0 aromatic heterocycles. The summed E-state index contributed by atoms with van der Waals surface area (Å²) in [5.41, 5.74) is 5.07. The van der Waals surface area contributed by atoms with E-state index in [1.165, 1.54) is 0 Å². The van der Waals surface area contributed by atoms with Gasteiger partial charge in [0, 0.05) is 12.1 Å². The quantitative estimate of drug-likeness (QED) is 0.528. The lowest BCUT2D eigenvalue weighted by Gasteiger charge is -2.14. The molecule has 16 heavy (non-hydrogen) atoms. The van der Waals surface area contributed by atoms with E-state index in [9.17, 15) is 18.5 Å². The molecular formula is C7H6N4O4S. The van der Waals surface area contributed by atoms with Crippen molar-refractivity contribution in [3.05, 3.63) is 28.3 Å². The van der Waals surface area contributed by atoms with Crippen LogP contribution in [0.1, 0.15) is 0 Å². The van der Waals surface area contributed by atoms with Crippen molar-refractivity contribution in [3.8, 4) is 0 Å². The Kier molecular flexibility index (Phi) is 2.05. The standard InChI is InChI=1S/C7H6N4O4S/c8-7-9-5-3-4(11(12)13)1-2-6(5)16(14,15)10-7/h1-3H,(H3,8,9,10). The number of nitrogens with zero attached hydrogens (tertiary/aromatic N) is 2. The number of non-ortho nitro benzene ring substituents is 1. The van der Waals surface area contributed by atoms with Crippen LogP contribution in [0.25, 0.3) is 0 Å². The summed E-state index contributed by atoms with van der Waals surface area (Å²) in [5.74, 6) is -0.312. The highest BCUT2D eigenvalue weighted by Crippen LogP contribution is 2.29. The van der Waals surface area contributed by atoms with Crippen molar-refractivity contribution in [2.24, 2.45) is 10.1 Å². The topological polar surface area (TPSA) is 128 Å². The summed E-state index contributed by atoms with van der Waals surface area (Å²) in [6.45, 7) is 0. The number of hydrogen-bond donors (Lipinski definition) is 2. The minimum Gasteiger partial charge on any atom is -0.369 e. The molecule has 8 nitrogen and oxygen atoms in total. The van der Waals surface area contributed by atoms with Crippen molar-refractivity contribution < 1.29 is 13.3 Å². The molecule has 0 saturated heterocycles. The first kappa shape index (κ1) is 10.4. The van der Waals surface area contributed by atoms with Gasteiger partial charge in [0.1, 0.15) is 4.90 Å². The Morgan fingerprint density at radius 2 is 2.12 bits per heavy atom. The number of guanidine groups is 1. The second-order valence-electron chi connectivity index (χ2n) is 3.01. The van der Waals surface area contributed by atoms with Gasteiger partial charge < -0.3 is 11.1 Å². The van der Waals surface area contributed by atoms with Crippen LogP contribution in [0, 0.1) is 10.1 Å². The van der Waals surface area contributed by atoms with Crippen LogP contribution in [0.2, 0.25) is 0 Å². The normalized spacial score (nSPS) is 16.9. The third kappa shape index (κ3) is 1.56. The molecular weight excluding hydrogens is 236 g/mol. The van der Waals surface area contributed by atoms with E-state index in [0.29, 0.717) is 0 Å². The molecule has 0 unspecified atom stereocenters. The maximum Gasteiger partial charge on any atom is 0.287 e. The average molecular weight is 242 g/mol. The second-order valence-corrected chi connectivity index (χ2v) is 4.59. The Morgan fingerprint density at radius 3 is 2.75 bits per heavy atom. The molecule has 2 rings (SSSR count). The van der Waals surface area contributed by atoms with Gasteiger partial charge in [-0.05, 0) is 6.07 Å². The summed E-state index contributed by atoms with van der Waals surface area (Å²) >= 11 is 0. The van der Waals surface area contributed by atoms with Crippen LogP contribution in [0.5, 0.6) is 0 Å². The predicted molar refractivity (Wildman–Crippen MR) is 55.5 cm³/mol. The first-order valence-corrected chi connectivity index (χ1v) is 5.50. The molecule has 9 heteroatoms. The smallest absolute Gasteiger partial charge is 0.287 e. The molecule has 3 N–H and O–H groups in total. The highest BCUT2D eigenvalue weighted by Gasteiger charge is 2.25. The monoisotopic (exact) mass is 242 g/mol. The fourth-order valence-corrected chi connectivity index (χ4v) is 2.32. The molecule has 0 saturated carbocycles. The number of sulfonamides is 1. The van der Waals surface area contributed by atoms with Crippen LogP contribution in [-0.2, 0) is 10.0 Å². The van der Waals surface area contributed by atoms with Gasteiger partial charge in [-0.3, -0.25) is 10.1 Å². The molecule has 1 aliphatic rings. The van der Waals surface area contributed by atoms with Gasteiger partial charge in [-0.15, -0.1) is 4.40 Å². The molecule has 1 aliphatic heterocycles. The molecule has 0 aliphatic carbocycles. The molecule has 84 valence electrons. The van der Waals surface area contributed by atoms with Crippen molar-refractivity contribution >= 4 is 27.4 Å². The maximum atomic E-state index is 11.5. The summed E-state index contributed by atoms with van der Waals surface area (Å²) < 4.78 is 26.2. The van der Waals surface area contributed by atoms with E-state index in [0.717, 1.165) is 18.2 Å². The molecule has 0 spiro atoms. The molecule has 1 heterocycles. The fourth-order valence-electron chi connectivity index (χ4n) is 1.29. The number of fused-ring (bicyclic) bond motifs is 1. The third-order valence-corrected chi connectivity index (χ3v) is 3.28. The van der Waals surface area contributed by atoms with E-state index in [4.69, 9.17) is 5.73 Å². The largest absolute Gasteiger partial charge is 0.369 e. The van der Waals surface area contributed by atoms with Crippen molar-refractivity contribution in [1.29, 1.82) is 0 Å². The van der Waals surface area contributed by atoms with E-state index in [1.807, 2.05) is 0 Å². The van der Waals surface area contributed by atoms with E-state index in [2.05, 4.69) is 9.71 Å². The Bertz CT molecular complexity index is 607. The number of anilines is 1. The second kappa shape index (κ2) is 3.17. The zero-order valence-corrected chi connectivity index (χ0v) is 8.56. The Morgan fingerprint density at radius 1 is 1.44 bits per heavy atom. The lowest BCUT2D eigenvalue weighted by Crippen LogP contribution is -2.28. The van der Waals surface area contributed by atoms with E-state index in [-0.39, 0.29) is 22.2 Å². The molecule has 0 bridgehead atoms. The van der Waals surface area contributed by atoms with Gasteiger partial charge in [-0.1, -0.05) is 0 Å². The molecule has 0 fully saturated rings. The van der Waals surface area contributed by atoms with Crippen LogP contribution in [0.15, 0.2) is 27.5 Å². The lowest BCUT2D eigenvalue weighted by atomic mass is 10.3. The van der Waals surface area contributed by atoms with Gasteiger partial charge >= 0.3 is 0 Å². The number of rotatable bonds is 1. The van der Waals surface area contributed by atoms with Gasteiger partial charge in [-0.2, -0.15) is 8.42 Å². The number of nitrogens with one attached hydrogen (secondary N) is 1. The minimum atomic E-state index is -3.86. The third-order valence-electron chi connectivity index (χ3n) is 1.93. The van der Waals surface area contributed by atoms with Gasteiger partial charge in [0.2, 0.25) is 5.96 Å². The van der Waals surface area contributed by atoms with Gasteiger partial charge in [0.15, 0.2) is 0 Å². The van der Waals surface area contributed by atoms with Crippen molar-refractivity contribution in [2.45, 2.75) is 4.90 Å². The minimum absolute atomic E-state index is 0.0571. The van der Waals surface area contributed by atoms with Crippen molar-refractivity contribution in [2.75, 3.05) is 5.32 Å². The summed E-state index contributed by atoms with van der Waals surface area (Å²) in [6.07, 6.45) is 0. The molecule has 0 atom stereocenters. The highest BCUT2D eigenvalue weighted by atomic mass is 32.2. The first-order chi connectivity index (χ1) is 7.40. The number of nitrogens with two attached hydrogens (primary N) is 1. The van der Waals surface area contributed by atoms with Crippen molar-refractivity contribution in [1.82, 2.24) is 0 Å². The molecule has 1 aromatic rings. The summed E-state index contributed by atoms with van der Waals surface area (Å²) in [6, 6.07) is 3.30. The van der Waals surface area contributed by atoms with Crippen LogP contribution >= 0.6 is 0 Å². The highest BCUT2D eigenvalue weighted by molar-refractivity contribution is 7.90. The molecule has 0 radical (unpaired) electrons. The summed E-state index contributed by atoms with van der Waals surface area (Å²) in [4.78, 5) is 9.74. The SMILES string of the molecule is NC1=NS(=O)(=O)c2ccc([N+](=O)[O-])cc2N1. The maximum absolute atomic E-state index is 11.5. The van der Waals surface area contributed by atoms with Crippen LogP contribution in [0.4, 0.5) is 11.4 Å². The number of nitro benzene ring substituents is 1. The lowest BCUT2D eigenvalue weighted by molar-refractivity contribution is -0.384. The van der Waals surface area contributed by atoms with Crippen LogP contribution in [0.3, 0.4) is 0 Å². The Hall–Kier alpha value is -2.16. The summed E-state index contributed by atoms with van der Waals surface area (Å²) in [7, 11) is -3.86. The summed E-state index contributed by atoms with van der Waals surface area (Å²) in [5, 5.41) is 13.0. The van der Waals surface area contributed by atoms with Crippen molar-refractivity contribution in [3.63, 3.8) is 0 Å². The van der Waals surface area contributed by atoms with E-state index < -0.39 is 14.9 Å². The fraction of sp³-hybridized carbons (Fsp3) is 0. The number of nitro groups is 1. The Labute approximate surface area is 90.0 Å². The van der Waals surface area contributed by atoms with E-state index >= 15 is 0 Å². The Balaban J connectivity index is 2.65. The van der Waals surface area contributed by atoms with Gasteiger partial charge in [0.05, 0.1) is 10.6 Å². The number of hydrogen-bond acceptors (Lipinski definition) is 6. The number of benzene rings is 1. The van der Waals surface area contributed by atoms with Crippen LogP contribution < -0.4 is 11.1 Å². The van der Waals surface area contributed by atoms with Gasteiger partial charge in [-0.25, -0.2) is 0 Å². The zero-order chi connectivity index (χ0) is 11.9. The van der Waals surface area contributed by atoms with Gasteiger partial charge in [0.25, 0.3) is 15.7 Å². The first-order valence-electron chi connectivity index (χ1n) is 4.06. The average Bonchev–Trinajstić information content (AvgIpc) is 2.14. The zero-order valence-electron chi connectivity index (χ0n) is 7.75. The molecule has 0 amide bonds.